The van der Waals surface area contributed by atoms with Gasteiger partial charge in [0.05, 0.1) is 0 Å². The fourth-order valence-corrected chi connectivity index (χ4v) is 2.80. The van der Waals surface area contributed by atoms with Crippen molar-refractivity contribution >= 4 is 0 Å². The normalized spacial score (nSPS) is 18.8. The molecule has 1 aromatic carbocycles. The standard InChI is InChI=1S/C16H25N/c1-15(2,3)11-13-5-7-14(8-6-13)16(12-17)9-4-10-16/h5-8H,4,9-12,17H2,1-3H3. The van der Waals surface area contributed by atoms with Crippen LogP contribution in [0.2, 0.25) is 0 Å². The summed E-state index contributed by atoms with van der Waals surface area (Å²) in [5.74, 6) is 0. The molecule has 2 rings (SSSR count). The van der Waals surface area contributed by atoms with Gasteiger partial charge in [-0.15, -0.1) is 0 Å². The summed E-state index contributed by atoms with van der Waals surface area (Å²) >= 11 is 0. The highest BCUT2D eigenvalue weighted by atomic mass is 14.6. The lowest BCUT2D eigenvalue weighted by molar-refractivity contribution is 0.253. The van der Waals surface area contributed by atoms with Gasteiger partial charge in [-0.3, -0.25) is 0 Å². The molecule has 1 aliphatic carbocycles. The first-order valence-electron chi connectivity index (χ1n) is 6.75. The van der Waals surface area contributed by atoms with Crippen molar-refractivity contribution in [3.05, 3.63) is 35.4 Å². The lowest BCUT2D eigenvalue weighted by Gasteiger charge is -2.41. The van der Waals surface area contributed by atoms with E-state index in [1.54, 1.807) is 0 Å². The lowest BCUT2D eigenvalue weighted by atomic mass is 9.64. The summed E-state index contributed by atoms with van der Waals surface area (Å²) in [4.78, 5) is 0. The summed E-state index contributed by atoms with van der Waals surface area (Å²) in [5.41, 5.74) is 9.50. The van der Waals surface area contributed by atoms with Gasteiger partial charge >= 0.3 is 0 Å². The summed E-state index contributed by atoms with van der Waals surface area (Å²) in [5, 5.41) is 0. The van der Waals surface area contributed by atoms with Crippen LogP contribution in [-0.4, -0.2) is 6.54 Å². The Hall–Kier alpha value is -0.820. The minimum Gasteiger partial charge on any atom is -0.330 e. The fraction of sp³-hybridized carbons (Fsp3) is 0.625. The zero-order valence-corrected chi connectivity index (χ0v) is 11.4. The van der Waals surface area contributed by atoms with Gasteiger partial charge in [-0.05, 0) is 35.8 Å². The van der Waals surface area contributed by atoms with Gasteiger partial charge < -0.3 is 5.73 Å². The third kappa shape index (κ3) is 2.71. The van der Waals surface area contributed by atoms with Gasteiger partial charge in [0.1, 0.15) is 0 Å². The van der Waals surface area contributed by atoms with Crippen LogP contribution in [0.15, 0.2) is 24.3 Å². The maximum absolute atomic E-state index is 5.94. The van der Waals surface area contributed by atoms with Gasteiger partial charge in [0.2, 0.25) is 0 Å². The molecule has 1 nitrogen and oxygen atoms in total. The summed E-state index contributed by atoms with van der Waals surface area (Å²) in [7, 11) is 0. The van der Waals surface area contributed by atoms with Gasteiger partial charge in [-0.25, -0.2) is 0 Å². The zero-order valence-electron chi connectivity index (χ0n) is 11.4. The van der Waals surface area contributed by atoms with Crippen molar-refractivity contribution in [2.24, 2.45) is 11.1 Å². The Balaban J connectivity index is 2.13. The van der Waals surface area contributed by atoms with Crippen molar-refractivity contribution in [1.82, 2.24) is 0 Å². The smallest absolute Gasteiger partial charge is 0.00755 e. The molecular formula is C16H25N. The van der Waals surface area contributed by atoms with Crippen LogP contribution >= 0.6 is 0 Å². The van der Waals surface area contributed by atoms with Gasteiger partial charge in [0.15, 0.2) is 0 Å². The maximum Gasteiger partial charge on any atom is 0.00755 e. The van der Waals surface area contributed by atoms with E-state index in [9.17, 15) is 0 Å². The SMILES string of the molecule is CC(C)(C)Cc1ccc(C2(CN)CCC2)cc1. The second kappa shape index (κ2) is 4.45. The molecule has 94 valence electrons. The number of rotatable bonds is 3. The summed E-state index contributed by atoms with van der Waals surface area (Å²) in [6.07, 6.45) is 5.01. The average molecular weight is 231 g/mol. The third-order valence-corrected chi connectivity index (χ3v) is 4.00. The van der Waals surface area contributed by atoms with Crippen molar-refractivity contribution in [2.45, 2.75) is 51.9 Å². The van der Waals surface area contributed by atoms with Crippen LogP contribution in [0.5, 0.6) is 0 Å². The first-order valence-corrected chi connectivity index (χ1v) is 6.75. The molecule has 0 radical (unpaired) electrons. The van der Waals surface area contributed by atoms with Crippen molar-refractivity contribution in [3.8, 4) is 0 Å². The van der Waals surface area contributed by atoms with E-state index < -0.39 is 0 Å². The highest BCUT2D eigenvalue weighted by Gasteiger charge is 2.36. The molecule has 17 heavy (non-hydrogen) atoms. The Labute approximate surface area is 105 Å². The molecule has 1 saturated carbocycles. The largest absolute Gasteiger partial charge is 0.330 e. The van der Waals surface area contributed by atoms with Crippen molar-refractivity contribution in [2.75, 3.05) is 6.54 Å². The summed E-state index contributed by atoms with van der Waals surface area (Å²) in [6.45, 7) is 7.66. The quantitative estimate of drug-likeness (QED) is 0.844. The molecule has 1 aliphatic rings. The highest BCUT2D eigenvalue weighted by molar-refractivity contribution is 5.32. The van der Waals surface area contributed by atoms with E-state index in [1.807, 2.05) is 0 Å². The first kappa shape index (κ1) is 12.6. The van der Waals surface area contributed by atoms with Gasteiger partial charge in [0, 0.05) is 12.0 Å². The highest BCUT2D eigenvalue weighted by Crippen LogP contribution is 2.42. The van der Waals surface area contributed by atoms with Gasteiger partial charge in [0.25, 0.3) is 0 Å². The van der Waals surface area contributed by atoms with Crippen molar-refractivity contribution in [3.63, 3.8) is 0 Å². The summed E-state index contributed by atoms with van der Waals surface area (Å²) < 4.78 is 0. The van der Waals surface area contributed by atoms with E-state index in [1.165, 1.54) is 30.4 Å². The molecule has 0 amide bonds. The van der Waals surface area contributed by atoms with Crippen LogP contribution in [0.1, 0.15) is 51.2 Å². The van der Waals surface area contributed by atoms with Crippen LogP contribution in [0.25, 0.3) is 0 Å². The molecule has 0 bridgehead atoms. The summed E-state index contributed by atoms with van der Waals surface area (Å²) in [6, 6.07) is 9.17. The molecule has 0 aliphatic heterocycles. The molecule has 1 heteroatoms. The molecule has 1 aromatic rings. The van der Waals surface area contributed by atoms with E-state index in [2.05, 4.69) is 45.0 Å². The molecule has 0 spiro atoms. The molecule has 1 fully saturated rings. The Morgan fingerprint density at radius 2 is 1.71 bits per heavy atom. The van der Waals surface area contributed by atoms with E-state index in [4.69, 9.17) is 5.73 Å². The van der Waals surface area contributed by atoms with Crippen LogP contribution in [0.4, 0.5) is 0 Å². The first-order chi connectivity index (χ1) is 7.95. The van der Waals surface area contributed by atoms with Crippen LogP contribution in [-0.2, 0) is 11.8 Å². The third-order valence-electron chi connectivity index (χ3n) is 4.00. The fourth-order valence-electron chi connectivity index (χ4n) is 2.80. The van der Waals surface area contributed by atoms with Crippen LogP contribution in [0.3, 0.4) is 0 Å². The topological polar surface area (TPSA) is 26.0 Å². The Morgan fingerprint density at radius 1 is 1.12 bits per heavy atom. The predicted molar refractivity (Wildman–Crippen MR) is 74.2 cm³/mol. The van der Waals surface area contributed by atoms with Crippen molar-refractivity contribution < 1.29 is 0 Å². The van der Waals surface area contributed by atoms with E-state index in [-0.39, 0.29) is 0 Å². The van der Waals surface area contributed by atoms with Gasteiger partial charge in [-0.1, -0.05) is 51.5 Å². The lowest BCUT2D eigenvalue weighted by Crippen LogP contribution is -2.41. The Kier molecular flexibility index (Phi) is 3.31. The van der Waals surface area contributed by atoms with Crippen LogP contribution < -0.4 is 5.73 Å². The van der Waals surface area contributed by atoms with E-state index in [0.717, 1.165) is 13.0 Å². The second-order valence-electron chi connectivity index (χ2n) is 6.77. The van der Waals surface area contributed by atoms with Crippen molar-refractivity contribution in [1.29, 1.82) is 0 Å². The minimum atomic E-state index is 0.306. The number of nitrogens with two attached hydrogens (primary N) is 1. The second-order valence-corrected chi connectivity index (χ2v) is 6.77. The number of hydrogen-bond donors (Lipinski definition) is 1. The molecule has 0 aromatic heterocycles. The van der Waals surface area contributed by atoms with E-state index >= 15 is 0 Å². The number of hydrogen-bond acceptors (Lipinski definition) is 1. The molecule has 0 saturated heterocycles. The Morgan fingerprint density at radius 3 is 2.06 bits per heavy atom. The average Bonchev–Trinajstić information content (AvgIpc) is 2.17. The molecule has 0 heterocycles. The molecule has 0 unspecified atom stereocenters. The van der Waals surface area contributed by atoms with Gasteiger partial charge in [-0.2, -0.15) is 0 Å². The van der Waals surface area contributed by atoms with E-state index in [0.29, 0.717) is 10.8 Å². The molecular weight excluding hydrogens is 206 g/mol. The Bertz CT molecular complexity index is 360. The predicted octanol–water partition coefficient (Wildman–Crippen LogP) is 3.66. The number of benzene rings is 1. The maximum atomic E-state index is 5.94. The zero-order chi connectivity index (χ0) is 12.5. The monoisotopic (exact) mass is 231 g/mol. The minimum absolute atomic E-state index is 0.306. The van der Waals surface area contributed by atoms with Crippen LogP contribution in [0, 0.1) is 5.41 Å². The molecule has 2 N–H and O–H groups in total. The molecule has 0 atom stereocenters.